The van der Waals surface area contributed by atoms with Gasteiger partial charge in [0.1, 0.15) is 0 Å². The normalized spacial score (nSPS) is 27.8. The van der Waals surface area contributed by atoms with E-state index in [0.29, 0.717) is 17.4 Å². The van der Waals surface area contributed by atoms with Gasteiger partial charge in [0, 0.05) is 12.6 Å². The average molecular weight is 227 g/mol. The van der Waals surface area contributed by atoms with E-state index >= 15 is 0 Å². The molecule has 16 heavy (non-hydrogen) atoms. The average Bonchev–Trinajstić information content (AvgIpc) is 2.11. The molecule has 1 fully saturated rings. The molecule has 1 aliphatic rings. The molecule has 0 saturated carbocycles. The van der Waals surface area contributed by atoms with Crippen LogP contribution in [0.4, 0.5) is 0 Å². The molecule has 96 valence electrons. The Hall–Kier alpha value is -0.0800. The van der Waals surface area contributed by atoms with Gasteiger partial charge in [-0.1, -0.05) is 27.7 Å². The zero-order chi connectivity index (χ0) is 12.4. The fraction of sp³-hybridized carbons (Fsp3) is 1.00. The van der Waals surface area contributed by atoms with E-state index in [9.17, 15) is 0 Å². The van der Waals surface area contributed by atoms with Gasteiger partial charge in [0.05, 0.1) is 5.60 Å². The molecule has 1 N–H and O–H groups in total. The van der Waals surface area contributed by atoms with Crippen molar-refractivity contribution in [1.29, 1.82) is 0 Å². The third-order valence-electron chi connectivity index (χ3n) is 3.89. The molecule has 1 saturated heterocycles. The van der Waals surface area contributed by atoms with E-state index in [1.165, 1.54) is 0 Å². The fourth-order valence-corrected chi connectivity index (χ4v) is 2.06. The van der Waals surface area contributed by atoms with Crippen LogP contribution in [0.1, 0.15) is 54.4 Å². The first-order valence-corrected chi connectivity index (χ1v) is 6.58. The summed E-state index contributed by atoms with van der Waals surface area (Å²) in [7, 11) is 0. The molecule has 0 amide bonds. The van der Waals surface area contributed by atoms with Crippen LogP contribution in [-0.4, -0.2) is 24.8 Å². The van der Waals surface area contributed by atoms with Gasteiger partial charge in [0.25, 0.3) is 0 Å². The Morgan fingerprint density at radius 2 is 2.00 bits per heavy atom. The van der Waals surface area contributed by atoms with E-state index in [1.54, 1.807) is 0 Å². The maximum atomic E-state index is 5.73. The van der Waals surface area contributed by atoms with Gasteiger partial charge in [-0.15, -0.1) is 0 Å². The van der Waals surface area contributed by atoms with Crippen LogP contribution >= 0.6 is 0 Å². The molecule has 2 atom stereocenters. The van der Waals surface area contributed by atoms with Gasteiger partial charge >= 0.3 is 0 Å². The lowest BCUT2D eigenvalue weighted by Crippen LogP contribution is -2.45. The fourth-order valence-electron chi connectivity index (χ4n) is 2.06. The predicted molar refractivity (Wildman–Crippen MR) is 69.7 cm³/mol. The van der Waals surface area contributed by atoms with Gasteiger partial charge in [-0.2, -0.15) is 0 Å². The molecule has 2 unspecified atom stereocenters. The Labute approximate surface area is 101 Å². The highest BCUT2D eigenvalue weighted by Crippen LogP contribution is 2.27. The van der Waals surface area contributed by atoms with Crippen molar-refractivity contribution < 1.29 is 4.74 Å². The second-order valence-corrected chi connectivity index (χ2v) is 6.97. The zero-order valence-electron chi connectivity index (χ0n) is 11.9. The summed E-state index contributed by atoms with van der Waals surface area (Å²) in [5.41, 5.74) is 0.453. The van der Waals surface area contributed by atoms with E-state index in [1.807, 2.05) is 0 Å². The first-order valence-electron chi connectivity index (χ1n) is 6.58. The summed E-state index contributed by atoms with van der Waals surface area (Å²) >= 11 is 0. The minimum absolute atomic E-state index is 0.0564. The van der Waals surface area contributed by atoms with Gasteiger partial charge < -0.3 is 10.1 Å². The molecule has 0 aromatic carbocycles. The summed E-state index contributed by atoms with van der Waals surface area (Å²) in [5.74, 6) is 0.707. The lowest BCUT2D eigenvalue weighted by Gasteiger charge is -2.37. The highest BCUT2D eigenvalue weighted by molar-refractivity contribution is 4.84. The number of rotatable bonds is 3. The largest absolute Gasteiger partial charge is 0.375 e. The highest BCUT2D eigenvalue weighted by Gasteiger charge is 2.29. The molecular weight excluding hydrogens is 198 g/mol. The van der Waals surface area contributed by atoms with Gasteiger partial charge in [0.15, 0.2) is 0 Å². The maximum Gasteiger partial charge on any atom is 0.0641 e. The van der Waals surface area contributed by atoms with Gasteiger partial charge in [-0.3, -0.25) is 0 Å². The van der Waals surface area contributed by atoms with Crippen LogP contribution in [0.5, 0.6) is 0 Å². The zero-order valence-corrected chi connectivity index (χ0v) is 11.9. The Morgan fingerprint density at radius 1 is 1.38 bits per heavy atom. The number of hydrogen-bond acceptors (Lipinski definition) is 2. The Balaban J connectivity index is 2.33. The number of nitrogens with one attached hydrogen (secondary N) is 1. The standard InChI is InChI=1S/C14H29NO/c1-11(13(2,3)4)10-15-12-7-8-16-14(5,6)9-12/h11-12,15H,7-10H2,1-6H3. The monoisotopic (exact) mass is 227 g/mol. The Morgan fingerprint density at radius 3 is 2.50 bits per heavy atom. The number of hydrogen-bond donors (Lipinski definition) is 1. The third kappa shape index (κ3) is 4.42. The SMILES string of the molecule is CC(CNC1CCOC(C)(C)C1)C(C)(C)C. The molecule has 1 rings (SSSR count). The Bertz CT molecular complexity index is 217. The van der Waals surface area contributed by atoms with E-state index < -0.39 is 0 Å². The first-order chi connectivity index (χ1) is 7.21. The van der Waals surface area contributed by atoms with E-state index in [0.717, 1.165) is 26.0 Å². The topological polar surface area (TPSA) is 21.3 Å². The van der Waals surface area contributed by atoms with E-state index in [-0.39, 0.29) is 5.60 Å². The smallest absolute Gasteiger partial charge is 0.0641 e. The van der Waals surface area contributed by atoms with Crippen molar-refractivity contribution in [2.75, 3.05) is 13.2 Å². The van der Waals surface area contributed by atoms with Crippen molar-refractivity contribution in [1.82, 2.24) is 5.32 Å². The van der Waals surface area contributed by atoms with Crippen LogP contribution in [0.2, 0.25) is 0 Å². The van der Waals surface area contributed by atoms with Crippen molar-refractivity contribution in [3.63, 3.8) is 0 Å². The maximum absolute atomic E-state index is 5.73. The van der Waals surface area contributed by atoms with Crippen molar-refractivity contribution >= 4 is 0 Å². The van der Waals surface area contributed by atoms with E-state index in [4.69, 9.17) is 4.74 Å². The molecule has 2 nitrogen and oxygen atoms in total. The summed E-state index contributed by atoms with van der Waals surface area (Å²) in [6.45, 7) is 15.7. The summed E-state index contributed by atoms with van der Waals surface area (Å²) in [6, 6.07) is 0.633. The quantitative estimate of drug-likeness (QED) is 0.799. The molecule has 0 spiro atoms. The lowest BCUT2D eigenvalue weighted by molar-refractivity contribution is -0.0635. The molecule has 0 aromatic rings. The second kappa shape index (κ2) is 5.05. The van der Waals surface area contributed by atoms with Gasteiger partial charge in [-0.25, -0.2) is 0 Å². The van der Waals surface area contributed by atoms with Crippen molar-refractivity contribution in [3.8, 4) is 0 Å². The van der Waals surface area contributed by atoms with Crippen LogP contribution < -0.4 is 5.32 Å². The van der Waals surface area contributed by atoms with Gasteiger partial charge in [0.2, 0.25) is 0 Å². The van der Waals surface area contributed by atoms with Crippen molar-refractivity contribution in [2.45, 2.75) is 66.0 Å². The summed E-state index contributed by atoms with van der Waals surface area (Å²) in [6.07, 6.45) is 2.28. The van der Waals surface area contributed by atoms with Crippen molar-refractivity contribution in [3.05, 3.63) is 0 Å². The minimum atomic E-state index is 0.0564. The molecule has 0 aliphatic carbocycles. The van der Waals surface area contributed by atoms with Crippen molar-refractivity contribution in [2.24, 2.45) is 11.3 Å². The molecule has 1 aliphatic heterocycles. The molecular formula is C14H29NO. The van der Waals surface area contributed by atoms with Crippen LogP contribution in [0.3, 0.4) is 0 Å². The molecule has 1 heterocycles. The van der Waals surface area contributed by atoms with Gasteiger partial charge in [-0.05, 0) is 44.6 Å². The van der Waals surface area contributed by atoms with E-state index in [2.05, 4.69) is 46.9 Å². The first kappa shape index (κ1) is 14.0. The predicted octanol–water partition coefficient (Wildman–Crippen LogP) is 3.22. The van der Waals surface area contributed by atoms with Crippen LogP contribution in [0.25, 0.3) is 0 Å². The molecule has 0 bridgehead atoms. The number of ether oxygens (including phenoxy) is 1. The molecule has 2 heteroatoms. The Kier molecular flexibility index (Phi) is 4.42. The highest BCUT2D eigenvalue weighted by atomic mass is 16.5. The van der Waals surface area contributed by atoms with Crippen LogP contribution in [-0.2, 0) is 4.74 Å². The lowest BCUT2D eigenvalue weighted by atomic mass is 9.82. The molecule has 0 aromatic heterocycles. The van der Waals surface area contributed by atoms with Crippen LogP contribution in [0.15, 0.2) is 0 Å². The summed E-state index contributed by atoms with van der Waals surface area (Å²) in [5, 5.41) is 3.70. The third-order valence-corrected chi connectivity index (χ3v) is 3.89. The second-order valence-electron chi connectivity index (χ2n) is 6.97. The minimum Gasteiger partial charge on any atom is -0.375 e. The van der Waals surface area contributed by atoms with Crippen LogP contribution in [0, 0.1) is 11.3 Å². The molecule has 0 radical (unpaired) electrons. The summed E-state index contributed by atoms with van der Waals surface area (Å²) in [4.78, 5) is 0. The summed E-state index contributed by atoms with van der Waals surface area (Å²) < 4.78 is 5.73.